The molecule has 0 saturated heterocycles. The van der Waals surface area contributed by atoms with Gasteiger partial charge in [-0.2, -0.15) is 0 Å². The summed E-state index contributed by atoms with van der Waals surface area (Å²) < 4.78 is 12.9. The number of hydrogen-bond acceptors (Lipinski definition) is 2. The summed E-state index contributed by atoms with van der Waals surface area (Å²) in [6, 6.07) is 12.7. The molecule has 0 aliphatic heterocycles. The van der Waals surface area contributed by atoms with Crippen LogP contribution in [0.5, 0.6) is 0 Å². The average molecular weight is 273 g/mol. The van der Waals surface area contributed by atoms with Gasteiger partial charge in [-0.05, 0) is 54.8 Å². The molecule has 2 rings (SSSR count). The van der Waals surface area contributed by atoms with E-state index in [1.54, 1.807) is 0 Å². The predicted octanol–water partition coefficient (Wildman–Crippen LogP) is 3.65. The first-order valence-corrected chi connectivity index (χ1v) is 6.83. The number of benzene rings is 2. The first-order valence-electron chi connectivity index (χ1n) is 6.83. The molecule has 0 atom stereocenters. The zero-order valence-electron chi connectivity index (χ0n) is 11.9. The Morgan fingerprint density at radius 3 is 2.35 bits per heavy atom. The van der Waals surface area contributed by atoms with Gasteiger partial charge in [-0.3, -0.25) is 0 Å². The van der Waals surface area contributed by atoms with Gasteiger partial charge in [0.25, 0.3) is 0 Å². The fourth-order valence-corrected chi connectivity index (χ4v) is 2.25. The van der Waals surface area contributed by atoms with E-state index in [2.05, 4.69) is 17.9 Å². The molecule has 0 fully saturated rings. The van der Waals surface area contributed by atoms with Crippen LogP contribution in [0.3, 0.4) is 0 Å². The van der Waals surface area contributed by atoms with Crippen LogP contribution in [0, 0.1) is 12.7 Å². The van der Waals surface area contributed by atoms with Crippen LogP contribution in [0.1, 0.15) is 23.6 Å². The maximum atomic E-state index is 12.9. The second-order valence-electron chi connectivity index (χ2n) is 4.91. The van der Waals surface area contributed by atoms with E-state index in [0.717, 1.165) is 35.5 Å². The number of hydrogen-bond donors (Lipinski definition) is 1. The third kappa shape index (κ3) is 3.36. The number of aryl methyl sites for hydroxylation is 1. The van der Waals surface area contributed by atoms with Gasteiger partial charge in [-0.25, -0.2) is 4.39 Å². The highest BCUT2D eigenvalue weighted by molar-refractivity contribution is 5.51. The van der Waals surface area contributed by atoms with Gasteiger partial charge in [0.15, 0.2) is 0 Å². The molecule has 0 bridgehead atoms. The lowest BCUT2D eigenvalue weighted by Crippen LogP contribution is -2.22. The molecule has 0 heterocycles. The molecule has 106 valence electrons. The number of aliphatic hydroxyl groups is 1. The maximum Gasteiger partial charge on any atom is 0.123 e. The summed E-state index contributed by atoms with van der Waals surface area (Å²) in [6.45, 7) is 5.78. The molecular weight excluding hydrogens is 253 g/mol. The highest BCUT2D eigenvalue weighted by Crippen LogP contribution is 2.21. The monoisotopic (exact) mass is 273 g/mol. The van der Waals surface area contributed by atoms with E-state index in [4.69, 9.17) is 0 Å². The van der Waals surface area contributed by atoms with Crippen molar-refractivity contribution < 1.29 is 9.50 Å². The molecule has 0 aliphatic rings. The summed E-state index contributed by atoms with van der Waals surface area (Å²) in [4.78, 5) is 2.22. The van der Waals surface area contributed by atoms with Crippen molar-refractivity contribution in [2.75, 3.05) is 11.4 Å². The molecule has 1 N–H and O–H groups in total. The lowest BCUT2D eigenvalue weighted by Gasteiger charge is -2.24. The van der Waals surface area contributed by atoms with Gasteiger partial charge < -0.3 is 10.0 Å². The third-order valence-corrected chi connectivity index (χ3v) is 3.53. The molecule has 0 saturated carbocycles. The zero-order chi connectivity index (χ0) is 14.5. The van der Waals surface area contributed by atoms with Crippen LogP contribution in [-0.2, 0) is 13.2 Å². The van der Waals surface area contributed by atoms with E-state index in [1.165, 1.54) is 12.1 Å². The molecule has 0 unspecified atom stereocenters. The zero-order valence-corrected chi connectivity index (χ0v) is 11.9. The average Bonchev–Trinajstić information content (AvgIpc) is 2.46. The fraction of sp³-hybridized carbons (Fsp3) is 0.294. The van der Waals surface area contributed by atoms with Crippen molar-refractivity contribution in [1.29, 1.82) is 0 Å². The van der Waals surface area contributed by atoms with Gasteiger partial charge >= 0.3 is 0 Å². The van der Waals surface area contributed by atoms with E-state index in [-0.39, 0.29) is 12.4 Å². The number of rotatable bonds is 5. The standard InChI is InChI=1S/C17H20FNO/c1-3-19(11-14-4-7-16(18)8-5-14)17-9-6-15(12-20)13(2)10-17/h4-10,20H,3,11-12H2,1-2H3. The number of aliphatic hydroxyl groups excluding tert-OH is 1. The largest absolute Gasteiger partial charge is 0.392 e. The first kappa shape index (κ1) is 14.5. The Labute approximate surface area is 119 Å². The van der Waals surface area contributed by atoms with Gasteiger partial charge in [0.05, 0.1) is 6.61 Å². The molecule has 20 heavy (non-hydrogen) atoms. The minimum atomic E-state index is -0.208. The SMILES string of the molecule is CCN(Cc1ccc(F)cc1)c1ccc(CO)c(C)c1. The first-order chi connectivity index (χ1) is 9.63. The quantitative estimate of drug-likeness (QED) is 0.898. The van der Waals surface area contributed by atoms with Crippen molar-refractivity contribution in [3.63, 3.8) is 0 Å². The second-order valence-corrected chi connectivity index (χ2v) is 4.91. The van der Waals surface area contributed by atoms with E-state index < -0.39 is 0 Å². The van der Waals surface area contributed by atoms with Crippen LogP contribution in [0.2, 0.25) is 0 Å². The second kappa shape index (κ2) is 6.53. The lowest BCUT2D eigenvalue weighted by atomic mass is 10.1. The lowest BCUT2D eigenvalue weighted by molar-refractivity contribution is 0.281. The Hall–Kier alpha value is -1.87. The smallest absolute Gasteiger partial charge is 0.123 e. The van der Waals surface area contributed by atoms with Crippen LogP contribution in [-0.4, -0.2) is 11.7 Å². The normalized spacial score (nSPS) is 10.6. The van der Waals surface area contributed by atoms with Crippen molar-refractivity contribution in [2.24, 2.45) is 0 Å². The molecular formula is C17H20FNO. The highest BCUT2D eigenvalue weighted by Gasteiger charge is 2.07. The van der Waals surface area contributed by atoms with E-state index in [9.17, 15) is 9.50 Å². The van der Waals surface area contributed by atoms with Crippen molar-refractivity contribution >= 4 is 5.69 Å². The van der Waals surface area contributed by atoms with Crippen molar-refractivity contribution in [2.45, 2.75) is 27.0 Å². The van der Waals surface area contributed by atoms with E-state index in [1.807, 2.05) is 31.2 Å². The molecule has 0 amide bonds. The van der Waals surface area contributed by atoms with Gasteiger partial charge in [0.1, 0.15) is 5.82 Å². The van der Waals surface area contributed by atoms with Crippen LogP contribution >= 0.6 is 0 Å². The van der Waals surface area contributed by atoms with E-state index in [0.29, 0.717) is 0 Å². The Balaban J connectivity index is 2.19. The van der Waals surface area contributed by atoms with Gasteiger partial charge in [-0.15, -0.1) is 0 Å². The summed E-state index contributed by atoms with van der Waals surface area (Å²) in [5, 5.41) is 9.22. The van der Waals surface area contributed by atoms with Crippen LogP contribution in [0.4, 0.5) is 10.1 Å². The molecule has 3 heteroatoms. The minimum Gasteiger partial charge on any atom is -0.392 e. The summed E-state index contributed by atoms with van der Waals surface area (Å²) in [5.41, 5.74) is 4.23. The molecule has 0 radical (unpaired) electrons. The molecule has 0 aliphatic carbocycles. The van der Waals surface area contributed by atoms with Crippen LogP contribution in [0.15, 0.2) is 42.5 Å². The summed E-state index contributed by atoms with van der Waals surface area (Å²) in [7, 11) is 0. The minimum absolute atomic E-state index is 0.0657. The predicted molar refractivity (Wildman–Crippen MR) is 80.2 cm³/mol. The van der Waals surface area contributed by atoms with Crippen molar-refractivity contribution in [1.82, 2.24) is 0 Å². The Morgan fingerprint density at radius 1 is 1.10 bits per heavy atom. The highest BCUT2D eigenvalue weighted by atomic mass is 19.1. The van der Waals surface area contributed by atoms with Gasteiger partial charge in [-0.1, -0.05) is 18.2 Å². The number of nitrogens with zero attached hydrogens (tertiary/aromatic N) is 1. The summed E-state index contributed by atoms with van der Waals surface area (Å²) in [5.74, 6) is -0.208. The summed E-state index contributed by atoms with van der Waals surface area (Å²) in [6.07, 6.45) is 0. The molecule has 2 aromatic rings. The van der Waals surface area contributed by atoms with Gasteiger partial charge in [0.2, 0.25) is 0 Å². The maximum absolute atomic E-state index is 12.9. The number of anilines is 1. The molecule has 0 aromatic heterocycles. The van der Waals surface area contributed by atoms with Gasteiger partial charge in [0, 0.05) is 18.8 Å². The Morgan fingerprint density at radius 2 is 1.80 bits per heavy atom. The number of halogens is 1. The van der Waals surface area contributed by atoms with E-state index >= 15 is 0 Å². The topological polar surface area (TPSA) is 23.5 Å². The summed E-state index contributed by atoms with van der Waals surface area (Å²) >= 11 is 0. The molecule has 2 nitrogen and oxygen atoms in total. The van der Waals surface area contributed by atoms with Crippen LogP contribution in [0.25, 0.3) is 0 Å². The molecule has 0 spiro atoms. The van der Waals surface area contributed by atoms with Crippen LogP contribution < -0.4 is 4.90 Å². The van der Waals surface area contributed by atoms with Crippen molar-refractivity contribution in [3.8, 4) is 0 Å². The third-order valence-electron chi connectivity index (χ3n) is 3.53. The van der Waals surface area contributed by atoms with Crippen molar-refractivity contribution in [3.05, 3.63) is 65.0 Å². The fourth-order valence-electron chi connectivity index (χ4n) is 2.25. The molecule has 2 aromatic carbocycles. The Bertz CT molecular complexity index is 566. The Kier molecular flexibility index (Phi) is 4.74.